The maximum absolute atomic E-state index is 13.0. The van der Waals surface area contributed by atoms with E-state index >= 15 is 0 Å². The number of thioether (sulfide) groups is 2. The van der Waals surface area contributed by atoms with Crippen LogP contribution in [0.3, 0.4) is 0 Å². The van der Waals surface area contributed by atoms with E-state index in [-0.39, 0.29) is 58.6 Å². The van der Waals surface area contributed by atoms with Crippen molar-refractivity contribution in [2.45, 2.75) is 30.1 Å². The number of carboxylic acid groups (broad SMARTS) is 1. The predicted molar refractivity (Wildman–Crippen MR) is 156 cm³/mol. The van der Waals surface area contributed by atoms with E-state index in [4.69, 9.17) is 0 Å². The van der Waals surface area contributed by atoms with E-state index in [1.54, 1.807) is 35.2 Å². The first kappa shape index (κ1) is 30.3. The van der Waals surface area contributed by atoms with Gasteiger partial charge in [0.25, 0.3) is 5.91 Å². The number of allylic oxidation sites excluding steroid dienone is 1. The Morgan fingerprint density at radius 3 is 2.50 bits per heavy atom. The Hall–Kier alpha value is -2.70. The van der Waals surface area contributed by atoms with Gasteiger partial charge in [-0.1, -0.05) is 42.5 Å². The van der Waals surface area contributed by atoms with Crippen LogP contribution in [0.5, 0.6) is 5.75 Å². The van der Waals surface area contributed by atoms with Crippen molar-refractivity contribution >= 4 is 76.8 Å². The molecule has 2 atom stereocenters. The van der Waals surface area contributed by atoms with E-state index in [1.807, 2.05) is 30.3 Å². The minimum absolute atomic E-state index is 0. The number of nitrogens with zero attached hydrogens (tertiary/aromatic N) is 2. The Morgan fingerprint density at radius 2 is 1.80 bits per heavy atom. The molecular formula is C28H28N3NaO6S2. The van der Waals surface area contributed by atoms with Crippen LogP contribution in [0.1, 0.15) is 17.5 Å². The van der Waals surface area contributed by atoms with Gasteiger partial charge in [-0.05, 0) is 41.3 Å². The van der Waals surface area contributed by atoms with Crippen molar-refractivity contribution in [3.63, 3.8) is 0 Å². The third-order valence-electron chi connectivity index (χ3n) is 6.73. The summed E-state index contributed by atoms with van der Waals surface area (Å²) in [7, 11) is 0. The number of likely N-dealkylation sites (tertiary alicyclic amines) is 1. The molecule has 3 aliphatic heterocycles. The molecule has 2 fully saturated rings. The van der Waals surface area contributed by atoms with Crippen LogP contribution in [0, 0.1) is 0 Å². The van der Waals surface area contributed by atoms with Crippen molar-refractivity contribution in [2.24, 2.45) is 0 Å². The van der Waals surface area contributed by atoms with Crippen LogP contribution in [-0.2, 0) is 31.5 Å². The average molecular weight is 590 g/mol. The van der Waals surface area contributed by atoms with Crippen LogP contribution in [-0.4, -0.2) is 103 Å². The van der Waals surface area contributed by atoms with Crippen LogP contribution in [0.15, 0.2) is 77.5 Å². The number of amides is 3. The summed E-state index contributed by atoms with van der Waals surface area (Å²) in [5, 5.41) is 21.7. The zero-order chi connectivity index (χ0) is 27.5. The molecule has 3 N–H and O–H groups in total. The van der Waals surface area contributed by atoms with Gasteiger partial charge >= 0.3 is 35.5 Å². The second-order valence-electron chi connectivity index (χ2n) is 9.43. The first-order valence-electron chi connectivity index (χ1n) is 12.4. The van der Waals surface area contributed by atoms with Crippen LogP contribution < -0.4 is 5.32 Å². The Labute approximate surface area is 262 Å². The molecule has 0 aliphatic carbocycles. The molecule has 12 heteroatoms. The molecule has 0 unspecified atom stereocenters. The number of phenolic OH excluding ortho intramolecular Hbond substituents is 1. The standard InChI is InChI=1S/C28H27N3O6S2.Na.H/c32-21-8-6-17(7-9-21)13-30-11-10-19(25(30)34)12-20-15-39-27-23(26(35)31(27)24(20)28(36)37)29-22(33)16-38-14-18-4-2-1-3-5-18;;/h1-9,12,23,27,32H,10-11,13-16H2,(H,29,33)(H,36,37);;/b19-12+;;/t23-,27-;;/m1../s1. The third kappa shape index (κ3) is 6.60. The molecule has 2 aromatic rings. The van der Waals surface area contributed by atoms with E-state index in [1.165, 1.54) is 28.4 Å². The van der Waals surface area contributed by atoms with Gasteiger partial charge in [-0.15, -0.1) is 23.5 Å². The molecule has 2 aromatic carbocycles. The summed E-state index contributed by atoms with van der Waals surface area (Å²) in [6.07, 6.45) is 2.07. The molecule has 0 radical (unpaired) electrons. The van der Waals surface area contributed by atoms with Gasteiger partial charge in [0.2, 0.25) is 11.8 Å². The van der Waals surface area contributed by atoms with Gasteiger partial charge in [0.1, 0.15) is 22.9 Å². The number of aromatic hydroxyl groups is 1. The van der Waals surface area contributed by atoms with Crippen LogP contribution in [0.4, 0.5) is 0 Å². The molecule has 204 valence electrons. The van der Waals surface area contributed by atoms with Crippen molar-refractivity contribution in [3.8, 4) is 5.75 Å². The molecule has 0 aromatic heterocycles. The summed E-state index contributed by atoms with van der Waals surface area (Å²) in [5.74, 6) is -0.834. The van der Waals surface area contributed by atoms with Crippen molar-refractivity contribution in [1.29, 1.82) is 0 Å². The Morgan fingerprint density at radius 1 is 1.07 bits per heavy atom. The van der Waals surface area contributed by atoms with Gasteiger partial charge in [0.15, 0.2) is 0 Å². The number of phenols is 1. The van der Waals surface area contributed by atoms with Crippen molar-refractivity contribution in [2.75, 3.05) is 18.1 Å². The molecule has 9 nitrogen and oxygen atoms in total. The SMILES string of the molecule is O=C(CSCc1ccccc1)N[C@@H]1C(=O)N2C(C(=O)O)=C(/C=C3\CCN(Cc4ccc(O)cc4)C3=O)CS[C@H]12.[NaH]. The van der Waals surface area contributed by atoms with E-state index in [9.17, 15) is 29.4 Å². The summed E-state index contributed by atoms with van der Waals surface area (Å²) in [6.45, 7) is 0.879. The number of aliphatic carboxylic acids is 1. The Bertz CT molecular complexity index is 1370. The van der Waals surface area contributed by atoms with Gasteiger partial charge in [-0.25, -0.2) is 4.79 Å². The van der Waals surface area contributed by atoms with Crippen molar-refractivity contribution < 1.29 is 29.4 Å². The van der Waals surface area contributed by atoms with Crippen molar-refractivity contribution in [3.05, 3.63) is 88.6 Å². The third-order valence-corrected chi connectivity index (χ3v) is 9.04. The Balaban J connectivity index is 0.00000370. The van der Waals surface area contributed by atoms with Crippen LogP contribution in [0.25, 0.3) is 0 Å². The minimum atomic E-state index is -1.24. The molecule has 40 heavy (non-hydrogen) atoms. The molecular weight excluding hydrogens is 561 g/mol. The van der Waals surface area contributed by atoms with Gasteiger partial charge in [-0.2, -0.15) is 0 Å². The van der Waals surface area contributed by atoms with E-state index < -0.39 is 23.3 Å². The summed E-state index contributed by atoms with van der Waals surface area (Å²) in [5.41, 5.74) is 2.75. The van der Waals surface area contributed by atoms with E-state index in [2.05, 4.69) is 5.32 Å². The molecule has 0 saturated carbocycles. The van der Waals surface area contributed by atoms with E-state index in [0.29, 0.717) is 42.2 Å². The fraction of sp³-hybridized carbons (Fsp3) is 0.286. The number of nitrogens with one attached hydrogen (secondary N) is 1. The van der Waals surface area contributed by atoms with E-state index in [0.717, 1.165) is 11.1 Å². The predicted octanol–water partition coefficient (Wildman–Crippen LogP) is 2.07. The van der Waals surface area contributed by atoms with Crippen LogP contribution >= 0.6 is 23.5 Å². The van der Waals surface area contributed by atoms with Gasteiger partial charge in [0.05, 0.1) is 5.75 Å². The molecule has 0 spiro atoms. The second kappa shape index (κ2) is 13.3. The summed E-state index contributed by atoms with van der Waals surface area (Å²) in [6, 6.07) is 15.6. The topological polar surface area (TPSA) is 127 Å². The van der Waals surface area contributed by atoms with Crippen LogP contribution in [0.2, 0.25) is 0 Å². The molecule has 3 aliphatic rings. The number of benzene rings is 2. The number of carbonyl (C=O) groups excluding carboxylic acids is 3. The normalized spacial score (nSPS) is 21.1. The number of β-lactam (4-membered cyclic amide) rings is 1. The number of rotatable bonds is 9. The van der Waals surface area contributed by atoms with Crippen molar-refractivity contribution in [1.82, 2.24) is 15.1 Å². The zero-order valence-corrected chi connectivity index (χ0v) is 22.5. The molecule has 2 saturated heterocycles. The molecule has 3 amide bonds. The molecule has 5 rings (SSSR count). The fourth-order valence-electron chi connectivity index (χ4n) is 4.79. The number of carboxylic acids is 1. The number of fused-ring (bicyclic) bond motifs is 1. The second-order valence-corrected chi connectivity index (χ2v) is 11.5. The maximum atomic E-state index is 13.0. The van der Waals surface area contributed by atoms with Gasteiger partial charge in [-0.3, -0.25) is 19.3 Å². The number of hydrogen-bond donors (Lipinski definition) is 3. The number of carbonyl (C=O) groups is 4. The summed E-state index contributed by atoms with van der Waals surface area (Å²) < 4.78 is 0. The monoisotopic (exact) mass is 589 g/mol. The zero-order valence-electron chi connectivity index (χ0n) is 20.9. The molecule has 3 heterocycles. The van der Waals surface area contributed by atoms with Gasteiger partial charge in [0, 0.05) is 30.2 Å². The number of hydrogen-bond acceptors (Lipinski definition) is 7. The first-order chi connectivity index (χ1) is 18.8. The average Bonchev–Trinajstić information content (AvgIpc) is 3.27. The molecule has 0 bridgehead atoms. The Kier molecular flexibility index (Phi) is 10.1. The summed E-state index contributed by atoms with van der Waals surface area (Å²) >= 11 is 2.82. The quantitative estimate of drug-likeness (QED) is 0.231. The van der Waals surface area contributed by atoms with Gasteiger partial charge < -0.3 is 20.4 Å². The fourth-order valence-corrected chi connectivity index (χ4v) is 6.89. The first-order valence-corrected chi connectivity index (χ1v) is 14.6. The summed E-state index contributed by atoms with van der Waals surface area (Å²) in [4.78, 5) is 53.5.